The summed E-state index contributed by atoms with van der Waals surface area (Å²) in [6, 6.07) is 6.63. The third-order valence-corrected chi connectivity index (χ3v) is 3.67. The monoisotopic (exact) mass is 347 g/mol. The van der Waals surface area contributed by atoms with Gasteiger partial charge in [0.1, 0.15) is 10.8 Å². The van der Waals surface area contributed by atoms with Crippen molar-refractivity contribution in [1.82, 2.24) is 15.6 Å². The number of hydrazone groups is 1. The number of anilines is 1. The van der Waals surface area contributed by atoms with Gasteiger partial charge in [0.15, 0.2) is 0 Å². The van der Waals surface area contributed by atoms with Crippen LogP contribution < -0.4 is 10.7 Å². The fraction of sp³-hybridized carbons (Fsp3) is 0.267. The van der Waals surface area contributed by atoms with Crippen LogP contribution in [0, 0.1) is 0 Å². The maximum Gasteiger partial charge on any atom is 0.247 e. The van der Waals surface area contributed by atoms with Crippen LogP contribution in [0.1, 0.15) is 30.3 Å². The highest BCUT2D eigenvalue weighted by Gasteiger charge is 2.10. The molecule has 2 aromatic rings. The molecule has 2 rings (SSSR count). The third-order valence-electron chi connectivity index (χ3n) is 2.83. The highest BCUT2D eigenvalue weighted by molar-refractivity contribution is 7.15. The number of aromatic nitrogens is 2. The Kier molecular flexibility index (Phi) is 6.38. The number of hydrogen-bond donors (Lipinski definition) is 3. The standard InChI is InChI=1S/C15H17N5O3S/c1-2-5-12(22)17-15-20-19-14(24-15)8-13(23)18-16-9-10-6-3-4-7-11(10)21/h3-4,6-7,9,21H,2,5,8H2,1H3,(H,18,23)(H,17,20,22)/b16-9+. The molecule has 1 aromatic carbocycles. The van der Waals surface area contributed by atoms with Crippen LogP contribution in [-0.4, -0.2) is 33.3 Å². The number of carbonyl (C=O) groups is 2. The SMILES string of the molecule is CCCC(=O)Nc1nnc(CC(=O)N/N=C/c2ccccc2O)s1. The van der Waals surface area contributed by atoms with Gasteiger partial charge in [-0.05, 0) is 18.6 Å². The van der Waals surface area contributed by atoms with Crippen molar-refractivity contribution in [3.05, 3.63) is 34.8 Å². The van der Waals surface area contributed by atoms with Crippen molar-refractivity contribution < 1.29 is 14.7 Å². The molecule has 0 spiro atoms. The van der Waals surface area contributed by atoms with E-state index in [1.54, 1.807) is 18.2 Å². The van der Waals surface area contributed by atoms with Gasteiger partial charge in [-0.1, -0.05) is 30.4 Å². The van der Waals surface area contributed by atoms with Crippen molar-refractivity contribution in [2.75, 3.05) is 5.32 Å². The Balaban J connectivity index is 1.83. The Morgan fingerprint density at radius 1 is 1.29 bits per heavy atom. The molecule has 1 aromatic heterocycles. The van der Waals surface area contributed by atoms with Crippen molar-refractivity contribution in [2.45, 2.75) is 26.2 Å². The highest BCUT2D eigenvalue weighted by Crippen LogP contribution is 2.16. The number of benzene rings is 1. The van der Waals surface area contributed by atoms with Gasteiger partial charge in [-0.2, -0.15) is 5.10 Å². The van der Waals surface area contributed by atoms with Crippen molar-refractivity contribution in [1.29, 1.82) is 0 Å². The zero-order chi connectivity index (χ0) is 17.4. The first-order chi connectivity index (χ1) is 11.6. The molecule has 0 aliphatic carbocycles. The number of rotatable bonds is 7. The Hall–Kier alpha value is -2.81. The summed E-state index contributed by atoms with van der Waals surface area (Å²) in [7, 11) is 0. The predicted molar refractivity (Wildman–Crippen MR) is 91.0 cm³/mol. The van der Waals surface area contributed by atoms with Gasteiger partial charge in [-0.3, -0.25) is 9.59 Å². The Bertz CT molecular complexity index is 744. The molecular formula is C15H17N5O3S. The van der Waals surface area contributed by atoms with Crippen molar-refractivity contribution >= 4 is 34.5 Å². The van der Waals surface area contributed by atoms with Gasteiger partial charge in [-0.15, -0.1) is 10.2 Å². The molecule has 1 heterocycles. The second-order valence-electron chi connectivity index (χ2n) is 4.83. The Labute approximate surface area is 142 Å². The smallest absolute Gasteiger partial charge is 0.247 e. The van der Waals surface area contributed by atoms with Crippen LogP contribution in [0.4, 0.5) is 5.13 Å². The minimum atomic E-state index is -0.371. The van der Waals surface area contributed by atoms with E-state index in [1.807, 2.05) is 6.92 Å². The number of phenols is 1. The number of para-hydroxylation sites is 1. The fourth-order valence-electron chi connectivity index (χ4n) is 1.73. The zero-order valence-corrected chi connectivity index (χ0v) is 13.8. The fourth-order valence-corrected chi connectivity index (χ4v) is 2.49. The summed E-state index contributed by atoms with van der Waals surface area (Å²) in [5.74, 6) is -0.423. The van der Waals surface area contributed by atoms with E-state index in [-0.39, 0.29) is 24.0 Å². The number of carbonyl (C=O) groups excluding carboxylic acids is 2. The van der Waals surface area contributed by atoms with Crippen LogP contribution in [0.15, 0.2) is 29.4 Å². The second kappa shape index (κ2) is 8.73. The van der Waals surface area contributed by atoms with E-state index in [0.717, 1.165) is 17.8 Å². The molecule has 0 unspecified atom stereocenters. The largest absolute Gasteiger partial charge is 0.507 e. The highest BCUT2D eigenvalue weighted by atomic mass is 32.1. The lowest BCUT2D eigenvalue weighted by molar-refractivity contribution is -0.120. The molecule has 126 valence electrons. The van der Waals surface area contributed by atoms with E-state index in [9.17, 15) is 14.7 Å². The number of nitrogens with one attached hydrogen (secondary N) is 2. The zero-order valence-electron chi connectivity index (χ0n) is 13.0. The molecular weight excluding hydrogens is 330 g/mol. The molecule has 0 aliphatic heterocycles. The second-order valence-corrected chi connectivity index (χ2v) is 5.89. The van der Waals surface area contributed by atoms with Crippen LogP contribution in [0.2, 0.25) is 0 Å². The Morgan fingerprint density at radius 2 is 2.08 bits per heavy atom. The van der Waals surface area contributed by atoms with Crippen molar-refractivity contribution in [2.24, 2.45) is 5.10 Å². The number of phenolic OH excluding ortho intramolecular Hbond substituents is 1. The van der Waals surface area contributed by atoms with Gasteiger partial charge < -0.3 is 10.4 Å². The number of hydrogen-bond acceptors (Lipinski definition) is 7. The molecule has 3 N–H and O–H groups in total. The van der Waals surface area contributed by atoms with Crippen LogP contribution in [0.3, 0.4) is 0 Å². The number of amides is 2. The summed E-state index contributed by atoms with van der Waals surface area (Å²) < 4.78 is 0. The molecule has 0 radical (unpaired) electrons. The summed E-state index contributed by atoms with van der Waals surface area (Å²) in [6.07, 6.45) is 2.51. The maximum absolute atomic E-state index is 11.8. The van der Waals surface area contributed by atoms with Crippen LogP contribution in [0.5, 0.6) is 5.75 Å². The molecule has 0 fully saturated rings. The van der Waals surface area contributed by atoms with E-state index in [2.05, 4.69) is 26.0 Å². The average molecular weight is 347 g/mol. The van der Waals surface area contributed by atoms with Gasteiger partial charge in [-0.25, -0.2) is 5.43 Å². The van der Waals surface area contributed by atoms with E-state index in [1.165, 1.54) is 12.3 Å². The van der Waals surface area contributed by atoms with E-state index in [0.29, 0.717) is 22.1 Å². The minimum absolute atomic E-state index is 0.000569. The Morgan fingerprint density at radius 3 is 2.83 bits per heavy atom. The molecule has 9 heteroatoms. The summed E-state index contributed by atoms with van der Waals surface area (Å²) in [6.45, 7) is 1.91. The lowest BCUT2D eigenvalue weighted by Crippen LogP contribution is -2.19. The summed E-state index contributed by atoms with van der Waals surface area (Å²) in [4.78, 5) is 23.2. The topological polar surface area (TPSA) is 117 Å². The molecule has 2 amide bonds. The van der Waals surface area contributed by atoms with Gasteiger partial charge in [0.2, 0.25) is 16.9 Å². The molecule has 0 atom stereocenters. The van der Waals surface area contributed by atoms with Gasteiger partial charge in [0, 0.05) is 12.0 Å². The van der Waals surface area contributed by atoms with E-state index in [4.69, 9.17) is 0 Å². The first-order valence-corrected chi connectivity index (χ1v) is 8.12. The maximum atomic E-state index is 11.8. The van der Waals surface area contributed by atoms with E-state index >= 15 is 0 Å². The van der Waals surface area contributed by atoms with Gasteiger partial charge in [0.05, 0.1) is 12.6 Å². The average Bonchev–Trinajstić information content (AvgIpc) is 2.96. The first-order valence-electron chi connectivity index (χ1n) is 7.30. The summed E-state index contributed by atoms with van der Waals surface area (Å²) >= 11 is 1.14. The van der Waals surface area contributed by atoms with Gasteiger partial charge >= 0.3 is 0 Å². The summed E-state index contributed by atoms with van der Waals surface area (Å²) in [5, 5.41) is 24.5. The number of nitrogens with zero attached hydrogens (tertiary/aromatic N) is 3. The van der Waals surface area contributed by atoms with Crippen LogP contribution >= 0.6 is 11.3 Å². The number of aromatic hydroxyl groups is 1. The van der Waals surface area contributed by atoms with Crippen molar-refractivity contribution in [3.63, 3.8) is 0 Å². The lowest BCUT2D eigenvalue weighted by atomic mass is 10.2. The molecule has 8 nitrogen and oxygen atoms in total. The lowest BCUT2D eigenvalue weighted by Gasteiger charge is -1.98. The first kappa shape index (κ1) is 17.5. The molecule has 0 saturated heterocycles. The van der Waals surface area contributed by atoms with Crippen LogP contribution in [-0.2, 0) is 16.0 Å². The normalized spacial score (nSPS) is 10.7. The van der Waals surface area contributed by atoms with E-state index < -0.39 is 0 Å². The molecule has 24 heavy (non-hydrogen) atoms. The molecule has 0 saturated carbocycles. The third kappa shape index (κ3) is 5.43. The molecule has 0 aliphatic rings. The molecule has 0 bridgehead atoms. The predicted octanol–water partition coefficient (Wildman–Crippen LogP) is 1.68. The minimum Gasteiger partial charge on any atom is -0.507 e. The van der Waals surface area contributed by atoms with Gasteiger partial charge in [0.25, 0.3) is 0 Å². The summed E-state index contributed by atoms with van der Waals surface area (Å²) in [5.41, 5.74) is 2.84. The quantitative estimate of drug-likeness (QED) is 0.520. The van der Waals surface area contributed by atoms with Crippen molar-refractivity contribution in [3.8, 4) is 5.75 Å². The van der Waals surface area contributed by atoms with Crippen LogP contribution in [0.25, 0.3) is 0 Å².